The zero-order valence-corrected chi connectivity index (χ0v) is 17.1. The molecule has 0 bridgehead atoms. The maximum atomic E-state index is 12.8. The quantitative estimate of drug-likeness (QED) is 0.200. The fourth-order valence-corrected chi connectivity index (χ4v) is 2.86. The van der Waals surface area contributed by atoms with E-state index in [9.17, 15) is 24.5 Å². The molecule has 0 saturated carbocycles. The summed E-state index contributed by atoms with van der Waals surface area (Å²) in [6, 6.07) is 9.53. The summed E-state index contributed by atoms with van der Waals surface area (Å²) in [5, 5.41) is 13.6. The van der Waals surface area contributed by atoms with Crippen LogP contribution in [0.1, 0.15) is 52.5 Å². The number of carbonyl (C=O) groups is 3. The second-order valence-corrected chi connectivity index (χ2v) is 6.84. The number of ether oxygens (including phenoxy) is 1. The third-order valence-electron chi connectivity index (χ3n) is 4.23. The Kier molecular flexibility index (Phi) is 8.49. The van der Waals surface area contributed by atoms with E-state index in [2.05, 4.69) is 5.32 Å². The standard InChI is InChI=1S/C21H21ClN2O6/c1-2-3-6-11-23-19(25)13-30-21(27)16-8-5-4-7-15(16)20(26)14-9-10-17(22)18(12-14)24(28)29/h4-5,7-10,12H,2-3,6,11,13H2,1H3,(H,23,25). The average molecular weight is 433 g/mol. The number of amides is 1. The lowest BCUT2D eigenvalue weighted by molar-refractivity contribution is -0.384. The number of carbonyl (C=O) groups excluding carboxylic acids is 3. The van der Waals surface area contributed by atoms with Crippen LogP contribution in [0.25, 0.3) is 0 Å². The van der Waals surface area contributed by atoms with Crippen LogP contribution in [-0.2, 0) is 9.53 Å². The van der Waals surface area contributed by atoms with E-state index in [1.54, 1.807) is 12.1 Å². The minimum Gasteiger partial charge on any atom is -0.452 e. The summed E-state index contributed by atoms with van der Waals surface area (Å²) >= 11 is 5.78. The van der Waals surface area contributed by atoms with Crippen molar-refractivity contribution in [2.24, 2.45) is 0 Å². The molecule has 158 valence electrons. The highest BCUT2D eigenvalue weighted by Gasteiger charge is 2.22. The second kappa shape index (κ2) is 11.1. The summed E-state index contributed by atoms with van der Waals surface area (Å²) in [6.07, 6.45) is 2.84. The summed E-state index contributed by atoms with van der Waals surface area (Å²) in [6.45, 7) is 2.07. The number of nitrogens with one attached hydrogen (secondary N) is 1. The van der Waals surface area contributed by atoms with Gasteiger partial charge in [0.15, 0.2) is 12.4 Å². The Balaban J connectivity index is 2.13. The fraction of sp³-hybridized carbons (Fsp3) is 0.286. The molecule has 0 unspecified atom stereocenters. The Morgan fingerprint density at radius 1 is 1.10 bits per heavy atom. The fourth-order valence-electron chi connectivity index (χ4n) is 2.67. The zero-order chi connectivity index (χ0) is 22.1. The monoisotopic (exact) mass is 432 g/mol. The molecule has 0 aliphatic heterocycles. The lowest BCUT2D eigenvalue weighted by Crippen LogP contribution is -2.29. The van der Waals surface area contributed by atoms with E-state index < -0.39 is 34.9 Å². The van der Waals surface area contributed by atoms with Gasteiger partial charge in [0, 0.05) is 23.7 Å². The minimum absolute atomic E-state index is 0.0000159. The third kappa shape index (κ3) is 6.12. The number of halogens is 1. The summed E-state index contributed by atoms with van der Waals surface area (Å²) in [4.78, 5) is 47.4. The van der Waals surface area contributed by atoms with E-state index in [0.29, 0.717) is 6.54 Å². The summed E-state index contributed by atoms with van der Waals surface area (Å²) < 4.78 is 5.02. The highest BCUT2D eigenvalue weighted by atomic mass is 35.5. The largest absolute Gasteiger partial charge is 0.452 e. The summed E-state index contributed by atoms with van der Waals surface area (Å²) in [5.74, 6) is -1.88. The van der Waals surface area contributed by atoms with Crippen molar-refractivity contribution < 1.29 is 24.0 Å². The third-order valence-corrected chi connectivity index (χ3v) is 4.55. The van der Waals surface area contributed by atoms with E-state index in [4.69, 9.17) is 16.3 Å². The number of nitrogens with zero attached hydrogens (tertiary/aromatic N) is 1. The van der Waals surface area contributed by atoms with Gasteiger partial charge in [-0.25, -0.2) is 4.79 Å². The predicted molar refractivity (Wildman–Crippen MR) is 111 cm³/mol. The van der Waals surface area contributed by atoms with E-state index >= 15 is 0 Å². The van der Waals surface area contributed by atoms with Gasteiger partial charge < -0.3 is 10.1 Å². The Hall–Kier alpha value is -3.26. The minimum atomic E-state index is -0.842. The summed E-state index contributed by atoms with van der Waals surface area (Å²) in [5.41, 5.74) is -0.455. The molecular weight excluding hydrogens is 412 g/mol. The maximum Gasteiger partial charge on any atom is 0.339 e. The number of esters is 1. The highest BCUT2D eigenvalue weighted by Crippen LogP contribution is 2.27. The average Bonchev–Trinajstić information content (AvgIpc) is 2.74. The first-order valence-corrected chi connectivity index (χ1v) is 9.74. The molecule has 8 nitrogen and oxygen atoms in total. The van der Waals surface area contributed by atoms with Crippen molar-refractivity contribution in [2.45, 2.75) is 26.2 Å². The van der Waals surface area contributed by atoms with E-state index in [0.717, 1.165) is 25.3 Å². The molecule has 2 aromatic carbocycles. The molecule has 0 spiro atoms. The van der Waals surface area contributed by atoms with Crippen molar-refractivity contribution in [3.63, 3.8) is 0 Å². The molecule has 0 saturated heterocycles. The topological polar surface area (TPSA) is 116 Å². The van der Waals surface area contributed by atoms with Crippen molar-refractivity contribution in [3.05, 3.63) is 74.3 Å². The molecule has 0 radical (unpaired) electrons. The molecule has 1 amide bonds. The molecule has 0 fully saturated rings. The van der Waals surface area contributed by atoms with Crippen LogP contribution in [0.3, 0.4) is 0 Å². The van der Waals surface area contributed by atoms with Gasteiger partial charge >= 0.3 is 5.97 Å². The van der Waals surface area contributed by atoms with Crippen LogP contribution in [0.15, 0.2) is 42.5 Å². The van der Waals surface area contributed by atoms with Crippen LogP contribution < -0.4 is 5.32 Å². The van der Waals surface area contributed by atoms with Crippen LogP contribution in [0.2, 0.25) is 5.02 Å². The number of nitro groups is 1. The van der Waals surface area contributed by atoms with E-state index in [1.165, 1.54) is 24.3 Å². The molecule has 0 aromatic heterocycles. The molecular formula is C21H21ClN2O6. The smallest absolute Gasteiger partial charge is 0.339 e. The van der Waals surface area contributed by atoms with Crippen molar-refractivity contribution in [2.75, 3.05) is 13.2 Å². The van der Waals surface area contributed by atoms with Gasteiger partial charge in [-0.2, -0.15) is 0 Å². The number of nitro benzene ring substituents is 1. The number of rotatable bonds is 10. The van der Waals surface area contributed by atoms with Gasteiger partial charge in [-0.05, 0) is 24.6 Å². The molecule has 30 heavy (non-hydrogen) atoms. The van der Waals surface area contributed by atoms with Crippen molar-refractivity contribution >= 4 is 34.9 Å². The number of hydrogen-bond acceptors (Lipinski definition) is 6. The van der Waals surface area contributed by atoms with Crippen LogP contribution in [0, 0.1) is 10.1 Å². The molecule has 0 heterocycles. The molecule has 2 rings (SSSR count). The Morgan fingerprint density at radius 2 is 1.80 bits per heavy atom. The van der Waals surface area contributed by atoms with Gasteiger partial charge in [0.1, 0.15) is 5.02 Å². The highest BCUT2D eigenvalue weighted by molar-refractivity contribution is 6.33. The predicted octanol–water partition coefficient (Wildman–Crippen LogP) is 3.94. The van der Waals surface area contributed by atoms with Gasteiger partial charge in [-0.3, -0.25) is 19.7 Å². The van der Waals surface area contributed by atoms with Crippen LogP contribution >= 0.6 is 11.6 Å². The SMILES string of the molecule is CCCCCNC(=O)COC(=O)c1ccccc1C(=O)c1ccc(Cl)c([N+](=O)[O-])c1. The van der Waals surface area contributed by atoms with Crippen molar-refractivity contribution in [1.82, 2.24) is 5.32 Å². The molecule has 2 aromatic rings. The van der Waals surface area contributed by atoms with Crippen LogP contribution in [0.5, 0.6) is 0 Å². The molecule has 0 aliphatic rings. The number of hydrogen-bond donors (Lipinski definition) is 1. The lowest BCUT2D eigenvalue weighted by atomic mass is 9.98. The summed E-state index contributed by atoms with van der Waals surface area (Å²) in [7, 11) is 0. The van der Waals surface area contributed by atoms with Crippen LogP contribution in [0.4, 0.5) is 5.69 Å². The van der Waals surface area contributed by atoms with Gasteiger partial charge in [-0.15, -0.1) is 0 Å². The lowest BCUT2D eigenvalue weighted by Gasteiger charge is -2.10. The second-order valence-electron chi connectivity index (χ2n) is 6.43. The van der Waals surface area contributed by atoms with Gasteiger partial charge in [0.25, 0.3) is 11.6 Å². The molecule has 0 atom stereocenters. The number of ketones is 1. The van der Waals surface area contributed by atoms with Crippen LogP contribution in [-0.4, -0.2) is 35.7 Å². The number of unbranched alkanes of at least 4 members (excludes halogenated alkanes) is 2. The molecule has 1 N–H and O–H groups in total. The van der Waals surface area contributed by atoms with E-state index in [-0.39, 0.29) is 21.7 Å². The van der Waals surface area contributed by atoms with Gasteiger partial charge in [0.2, 0.25) is 0 Å². The first-order chi connectivity index (χ1) is 14.3. The molecule has 0 aliphatic carbocycles. The normalized spacial score (nSPS) is 10.3. The van der Waals surface area contributed by atoms with Crippen molar-refractivity contribution in [3.8, 4) is 0 Å². The van der Waals surface area contributed by atoms with E-state index in [1.807, 2.05) is 6.92 Å². The zero-order valence-electron chi connectivity index (χ0n) is 16.4. The Morgan fingerprint density at radius 3 is 2.47 bits per heavy atom. The maximum absolute atomic E-state index is 12.8. The van der Waals surface area contributed by atoms with Crippen molar-refractivity contribution in [1.29, 1.82) is 0 Å². The Labute approximate surface area is 178 Å². The molecule has 9 heteroatoms. The first kappa shape index (κ1) is 23.0. The first-order valence-electron chi connectivity index (χ1n) is 9.36. The Bertz CT molecular complexity index is 960. The van der Waals surface area contributed by atoms with Gasteiger partial charge in [0.05, 0.1) is 10.5 Å². The van der Waals surface area contributed by atoms with Gasteiger partial charge in [-0.1, -0.05) is 49.6 Å². The number of benzene rings is 2.